The second-order valence-electron chi connectivity index (χ2n) is 3.14. The normalized spacial score (nSPS) is 9.83. The van der Waals surface area contributed by atoms with Crippen LogP contribution in [-0.4, -0.2) is 15.0 Å². The monoisotopic (exact) mass is 331 g/mol. The molecule has 0 bridgehead atoms. The zero-order valence-corrected chi connectivity index (χ0v) is 13.4. The second kappa shape index (κ2) is 6.48. The number of aromatic nitrogens is 3. The molecule has 0 amide bonds. The van der Waals surface area contributed by atoms with Gasteiger partial charge in [0, 0.05) is 28.0 Å². The van der Waals surface area contributed by atoms with Crippen LogP contribution in [0.2, 0.25) is 0 Å². The minimum absolute atomic E-state index is 0.817. The van der Waals surface area contributed by atoms with Gasteiger partial charge in [-0.25, -0.2) is 4.98 Å². The third kappa shape index (κ3) is 3.66. The Balaban J connectivity index is 0.000000169. The van der Waals surface area contributed by atoms with E-state index in [-0.39, 0.29) is 0 Å². The summed E-state index contributed by atoms with van der Waals surface area (Å²) in [5, 5.41) is 4.89. The van der Waals surface area contributed by atoms with Crippen molar-refractivity contribution in [2.75, 3.05) is 0 Å². The molecule has 3 heterocycles. The molecule has 3 nitrogen and oxygen atoms in total. The van der Waals surface area contributed by atoms with E-state index in [0.717, 1.165) is 18.6 Å². The zero-order chi connectivity index (χ0) is 13.0. The Morgan fingerprint density at radius 1 is 1.17 bits per heavy atom. The van der Waals surface area contributed by atoms with Gasteiger partial charge in [-0.2, -0.15) is 0 Å². The number of aromatic amines is 2. The van der Waals surface area contributed by atoms with Crippen LogP contribution in [0.3, 0.4) is 0 Å². The van der Waals surface area contributed by atoms with Crippen LogP contribution >= 0.6 is 58.4 Å². The Labute approximate surface area is 126 Å². The van der Waals surface area contributed by atoms with Crippen molar-refractivity contribution in [2.24, 2.45) is 0 Å². The molecular weight excluding hydrogens is 322 g/mol. The maximum atomic E-state index is 5.03. The Bertz CT molecular complexity index is 684. The van der Waals surface area contributed by atoms with E-state index in [9.17, 15) is 0 Å². The molecule has 0 aliphatic heterocycles. The van der Waals surface area contributed by atoms with Crippen LogP contribution < -0.4 is 0 Å². The fourth-order valence-electron chi connectivity index (χ4n) is 1.19. The molecule has 8 heteroatoms. The molecule has 0 spiro atoms. The highest BCUT2D eigenvalue weighted by atomic mass is 32.2. The van der Waals surface area contributed by atoms with Gasteiger partial charge in [-0.05, 0) is 31.4 Å². The van der Waals surface area contributed by atoms with E-state index in [1.54, 1.807) is 28.9 Å². The smallest absolute Gasteiger partial charge is 0.159 e. The SMILES string of the molecule is Cc1sc(=S)[nH]c1-c1nccs1.S=c1[nH]ccs1. The molecule has 3 aromatic rings. The summed E-state index contributed by atoms with van der Waals surface area (Å²) in [6, 6.07) is 0. The molecule has 18 heavy (non-hydrogen) atoms. The first kappa shape index (κ1) is 13.8. The number of nitrogens with zero attached hydrogens (tertiary/aromatic N) is 1. The van der Waals surface area contributed by atoms with Gasteiger partial charge in [0.05, 0.1) is 5.69 Å². The maximum absolute atomic E-state index is 5.03. The molecule has 0 aromatic carbocycles. The Morgan fingerprint density at radius 3 is 2.39 bits per heavy atom. The molecule has 0 unspecified atom stereocenters. The highest BCUT2D eigenvalue weighted by molar-refractivity contribution is 7.73. The van der Waals surface area contributed by atoms with Gasteiger partial charge in [-0.15, -0.1) is 34.0 Å². The summed E-state index contributed by atoms with van der Waals surface area (Å²) < 4.78 is 1.66. The molecule has 3 rings (SSSR count). The van der Waals surface area contributed by atoms with Gasteiger partial charge in [0.2, 0.25) is 0 Å². The average Bonchev–Trinajstić information content (AvgIpc) is 3.01. The van der Waals surface area contributed by atoms with Crippen LogP contribution in [0.25, 0.3) is 10.7 Å². The molecule has 94 valence electrons. The second-order valence-corrected chi connectivity index (χ2v) is 7.50. The van der Waals surface area contributed by atoms with Crippen molar-refractivity contribution >= 4 is 58.4 Å². The lowest BCUT2D eigenvalue weighted by Gasteiger charge is -1.90. The first-order chi connectivity index (χ1) is 8.66. The van der Waals surface area contributed by atoms with Crippen LogP contribution in [0, 0.1) is 14.8 Å². The van der Waals surface area contributed by atoms with Crippen LogP contribution in [0.1, 0.15) is 4.88 Å². The van der Waals surface area contributed by atoms with Crippen molar-refractivity contribution in [3.05, 3.63) is 35.9 Å². The minimum atomic E-state index is 0.817. The molecule has 0 fully saturated rings. The standard InChI is InChI=1S/C7H6N2S3.C3H3NS2/c1-4-5(9-7(10)12-4)6-8-2-3-11-6;5-3-4-1-2-6-3/h2-3H,1H3,(H,9,10);1-2H,(H,4,5). The fourth-order valence-corrected chi connectivity index (χ4v) is 3.74. The van der Waals surface area contributed by atoms with Gasteiger partial charge >= 0.3 is 0 Å². The molecular formula is C10H9N3S5. The average molecular weight is 332 g/mol. The van der Waals surface area contributed by atoms with Gasteiger partial charge in [-0.1, -0.05) is 0 Å². The maximum Gasteiger partial charge on any atom is 0.159 e. The van der Waals surface area contributed by atoms with Crippen LogP contribution in [0.15, 0.2) is 23.2 Å². The van der Waals surface area contributed by atoms with E-state index < -0.39 is 0 Å². The minimum Gasteiger partial charge on any atom is -0.344 e. The van der Waals surface area contributed by atoms with Crippen molar-refractivity contribution in [3.8, 4) is 10.7 Å². The Morgan fingerprint density at radius 2 is 2.00 bits per heavy atom. The summed E-state index contributed by atoms with van der Waals surface area (Å²) in [4.78, 5) is 11.4. The molecule has 0 atom stereocenters. The van der Waals surface area contributed by atoms with Crippen molar-refractivity contribution in [1.82, 2.24) is 15.0 Å². The number of aryl methyl sites for hydroxylation is 1. The summed E-state index contributed by atoms with van der Waals surface area (Å²) in [5.41, 5.74) is 1.07. The molecule has 0 aliphatic rings. The van der Waals surface area contributed by atoms with E-state index in [1.807, 2.05) is 23.9 Å². The number of rotatable bonds is 1. The Hall–Kier alpha value is -0.670. The third-order valence-electron chi connectivity index (χ3n) is 1.92. The quantitative estimate of drug-likeness (QED) is 0.614. The number of nitrogens with one attached hydrogen (secondary N) is 2. The molecule has 3 aromatic heterocycles. The van der Waals surface area contributed by atoms with Gasteiger partial charge in [-0.3, -0.25) is 0 Å². The predicted molar refractivity (Wildman–Crippen MR) is 84.9 cm³/mol. The number of H-pyrrole nitrogens is 2. The molecule has 0 saturated heterocycles. The van der Waals surface area contributed by atoms with Crippen molar-refractivity contribution < 1.29 is 0 Å². The highest BCUT2D eigenvalue weighted by Crippen LogP contribution is 2.26. The first-order valence-electron chi connectivity index (χ1n) is 4.88. The number of thiazole rings is 3. The van der Waals surface area contributed by atoms with Gasteiger partial charge in [0.25, 0.3) is 0 Å². The van der Waals surface area contributed by atoms with Crippen LogP contribution in [0.4, 0.5) is 0 Å². The van der Waals surface area contributed by atoms with Crippen molar-refractivity contribution in [1.29, 1.82) is 0 Å². The van der Waals surface area contributed by atoms with E-state index in [0.29, 0.717) is 0 Å². The topological polar surface area (TPSA) is 44.5 Å². The zero-order valence-electron chi connectivity index (χ0n) is 9.30. The van der Waals surface area contributed by atoms with E-state index in [1.165, 1.54) is 16.2 Å². The van der Waals surface area contributed by atoms with E-state index in [4.69, 9.17) is 24.4 Å². The third-order valence-corrected chi connectivity index (χ3v) is 4.87. The van der Waals surface area contributed by atoms with Gasteiger partial charge in [0.1, 0.15) is 5.01 Å². The lowest BCUT2D eigenvalue weighted by atomic mass is 10.4. The molecule has 0 radical (unpaired) electrons. The summed E-state index contributed by atoms with van der Waals surface area (Å²) in [7, 11) is 0. The molecule has 0 aliphatic carbocycles. The highest BCUT2D eigenvalue weighted by Gasteiger charge is 2.06. The Kier molecular flexibility index (Phi) is 4.95. The van der Waals surface area contributed by atoms with E-state index in [2.05, 4.69) is 15.0 Å². The van der Waals surface area contributed by atoms with Crippen molar-refractivity contribution in [2.45, 2.75) is 6.92 Å². The first-order valence-corrected chi connectivity index (χ1v) is 8.28. The van der Waals surface area contributed by atoms with Gasteiger partial charge < -0.3 is 9.97 Å². The fraction of sp³-hybridized carbons (Fsp3) is 0.100. The van der Waals surface area contributed by atoms with Crippen molar-refractivity contribution in [3.63, 3.8) is 0 Å². The largest absolute Gasteiger partial charge is 0.344 e. The molecule has 0 saturated carbocycles. The number of hydrogen-bond donors (Lipinski definition) is 2. The summed E-state index contributed by atoms with van der Waals surface area (Å²) >= 11 is 14.5. The predicted octanol–water partition coefficient (Wildman–Crippen LogP) is 5.04. The van der Waals surface area contributed by atoms with Crippen LogP contribution in [-0.2, 0) is 0 Å². The lowest BCUT2D eigenvalue weighted by Crippen LogP contribution is -1.76. The number of hydrogen-bond acceptors (Lipinski definition) is 6. The summed E-state index contributed by atoms with van der Waals surface area (Å²) in [6.45, 7) is 2.05. The summed E-state index contributed by atoms with van der Waals surface area (Å²) in [5.74, 6) is 0. The van der Waals surface area contributed by atoms with Crippen LogP contribution in [0.5, 0.6) is 0 Å². The summed E-state index contributed by atoms with van der Waals surface area (Å²) in [6.07, 6.45) is 3.63. The van der Waals surface area contributed by atoms with Gasteiger partial charge in [0.15, 0.2) is 7.91 Å². The lowest BCUT2D eigenvalue weighted by molar-refractivity contribution is 1.31. The molecule has 2 N–H and O–H groups in total. The van der Waals surface area contributed by atoms with E-state index >= 15 is 0 Å².